The van der Waals surface area contributed by atoms with Crippen LogP contribution in [0.1, 0.15) is 0 Å². The molecule has 0 atom stereocenters. The Morgan fingerprint density at radius 2 is 2.29 bits per heavy atom. The summed E-state index contributed by atoms with van der Waals surface area (Å²) in [7, 11) is 1.53. The Hall–Kier alpha value is -0.850. The maximum atomic E-state index is 10.9. The fraction of sp³-hybridized carbons (Fsp3) is 0. The maximum Gasteiger partial charge on any atom is 0.262 e. The van der Waals surface area contributed by atoms with Gasteiger partial charge in [-0.3, -0.25) is 4.98 Å². The number of nitrogens with one attached hydrogen (secondary N) is 1. The zero-order valence-electron chi connectivity index (χ0n) is 6.77. The molecule has 2 rings (SSSR count). The molecular formula is C7H5ClN2O2S2. The summed E-state index contributed by atoms with van der Waals surface area (Å²) < 4.78 is 21.9. The lowest BCUT2D eigenvalue weighted by Gasteiger charge is -1.87. The Balaban J connectivity index is 2.46. The summed E-state index contributed by atoms with van der Waals surface area (Å²) in [4.78, 5) is 7.65. The first-order chi connectivity index (χ1) is 6.57. The van der Waals surface area contributed by atoms with Gasteiger partial charge in [0, 0.05) is 23.1 Å². The lowest BCUT2D eigenvalue weighted by atomic mass is 10.4. The molecule has 0 bridgehead atoms. The first kappa shape index (κ1) is 9.70. The molecule has 74 valence electrons. The molecule has 0 unspecified atom stereocenters. The van der Waals surface area contributed by atoms with Gasteiger partial charge in [-0.05, 0) is 6.07 Å². The average molecular weight is 249 g/mol. The molecule has 1 N–H and O–H groups in total. The molecule has 0 aliphatic rings. The molecule has 0 saturated carbocycles. The highest BCUT2D eigenvalue weighted by molar-refractivity contribution is 8.13. The predicted molar refractivity (Wildman–Crippen MR) is 54.9 cm³/mol. The molecule has 2 heterocycles. The second-order valence-electron chi connectivity index (χ2n) is 2.55. The van der Waals surface area contributed by atoms with E-state index in [1.165, 1.54) is 23.6 Å². The lowest BCUT2D eigenvalue weighted by molar-refractivity contribution is 0.609. The van der Waals surface area contributed by atoms with Crippen molar-refractivity contribution in [3.05, 3.63) is 24.0 Å². The fourth-order valence-corrected chi connectivity index (χ4v) is 2.33. The van der Waals surface area contributed by atoms with Crippen LogP contribution in [-0.2, 0) is 9.05 Å². The molecular weight excluding hydrogens is 244 g/mol. The van der Waals surface area contributed by atoms with E-state index in [1.54, 1.807) is 11.7 Å². The zero-order valence-corrected chi connectivity index (χ0v) is 9.16. The van der Waals surface area contributed by atoms with Crippen LogP contribution in [0.5, 0.6) is 0 Å². The third-order valence-electron chi connectivity index (χ3n) is 1.64. The summed E-state index contributed by atoms with van der Waals surface area (Å²) in [6.07, 6.45) is 3.01. The van der Waals surface area contributed by atoms with E-state index in [1.807, 2.05) is 0 Å². The summed E-state index contributed by atoms with van der Waals surface area (Å²) in [5.74, 6) is 0. The summed E-state index contributed by atoms with van der Waals surface area (Å²) in [5.41, 5.74) is 2.37. The molecule has 0 amide bonds. The maximum absolute atomic E-state index is 10.9. The highest BCUT2D eigenvalue weighted by Crippen LogP contribution is 2.25. The Labute approximate surface area is 89.0 Å². The van der Waals surface area contributed by atoms with Gasteiger partial charge >= 0.3 is 0 Å². The van der Waals surface area contributed by atoms with Crippen molar-refractivity contribution in [1.29, 1.82) is 0 Å². The molecule has 4 nitrogen and oxygen atoms in total. The van der Waals surface area contributed by atoms with Crippen molar-refractivity contribution in [3.8, 4) is 10.6 Å². The van der Waals surface area contributed by atoms with Crippen molar-refractivity contribution in [3.63, 3.8) is 0 Å². The number of H-pyrrole nitrogens is 1. The van der Waals surface area contributed by atoms with E-state index >= 15 is 0 Å². The van der Waals surface area contributed by atoms with Crippen LogP contribution in [-0.4, -0.2) is 18.4 Å². The molecule has 7 heteroatoms. The van der Waals surface area contributed by atoms with Crippen LogP contribution in [0.2, 0.25) is 0 Å². The molecule has 2 aromatic rings. The zero-order chi connectivity index (χ0) is 10.2. The number of rotatable bonds is 2. The minimum Gasteiger partial charge on any atom is -0.359 e. The summed E-state index contributed by atoms with van der Waals surface area (Å²) >= 11 is 1.42. The number of hydrogen-bond acceptors (Lipinski definition) is 4. The summed E-state index contributed by atoms with van der Waals surface area (Å²) in [5, 5.41) is 0. The number of hydrogen-bond donors (Lipinski definition) is 1. The monoisotopic (exact) mass is 248 g/mol. The van der Waals surface area contributed by atoms with Gasteiger partial charge in [0.15, 0.2) is 0 Å². The quantitative estimate of drug-likeness (QED) is 0.828. The topological polar surface area (TPSA) is 62.8 Å². The van der Waals surface area contributed by atoms with Gasteiger partial charge in [-0.2, -0.15) is 0 Å². The van der Waals surface area contributed by atoms with E-state index in [9.17, 15) is 8.42 Å². The number of halogens is 1. The Kier molecular flexibility index (Phi) is 2.34. The van der Waals surface area contributed by atoms with E-state index in [2.05, 4.69) is 9.97 Å². The van der Waals surface area contributed by atoms with Gasteiger partial charge in [0.05, 0.1) is 16.1 Å². The van der Waals surface area contributed by atoms with Gasteiger partial charge in [-0.1, -0.05) is 0 Å². The molecule has 0 radical (unpaired) electrons. The Morgan fingerprint density at radius 1 is 1.50 bits per heavy atom. The molecule has 0 aliphatic carbocycles. The van der Waals surface area contributed by atoms with E-state index < -0.39 is 9.05 Å². The van der Waals surface area contributed by atoms with Crippen molar-refractivity contribution < 1.29 is 8.42 Å². The molecule has 0 saturated heterocycles. The van der Waals surface area contributed by atoms with Crippen LogP contribution in [0.25, 0.3) is 10.6 Å². The minimum absolute atomic E-state index is 0.0718. The number of aromatic amines is 1. The van der Waals surface area contributed by atoms with Gasteiger partial charge in [0.1, 0.15) is 4.90 Å². The van der Waals surface area contributed by atoms with Crippen molar-refractivity contribution in [1.82, 2.24) is 9.97 Å². The number of nitrogens with zero attached hydrogens (tertiary/aromatic N) is 1. The first-order valence-electron chi connectivity index (χ1n) is 3.59. The van der Waals surface area contributed by atoms with E-state index in [4.69, 9.17) is 10.7 Å². The average Bonchev–Trinajstić information content (AvgIpc) is 2.73. The Bertz CT molecular complexity index is 530. The van der Waals surface area contributed by atoms with Crippen LogP contribution < -0.4 is 0 Å². The van der Waals surface area contributed by atoms with Crippen LogP contribution in [0.4, 0.5) is 0 Å². The largest absolute Gasteiger partial charge is 0.359 e. The lowest BCUT2D eigenvalue weighted by Crippen LogP contribution is -1.85. The Morgan fingerprint density at radius 3 is 2.79 bits per heavy atom. The molecule has 0 fully saturated rings. The van der Waals surface area contributed by atoms with Crippen LogP contribution >= 0.6 is 22.0 Å². The third-order valence-corrected chi connectivity index (χ3v) is 3.78. The summed E-state index contributed by atoms with van der Waals surface area (Å²) in [6, 6.07) is 1.48. The van der Waals surface area contributed by atoms with Crippen LogP contribution in [0.15, 0.2) is 28.9 Å². The molecule has 2 aromatic heterocycles. The SMILES string of the molecule is O=S(=O)(Cl)c1c[nH]c(-c2cncs2)c1. The number of thiazole rings is 1. The third kappa shape index (κ3) is 1.82. The highest BCUT2D eigenvalue weighted by atomic mass is 35.7. The van der Waals surface area contributed by atoms with Crippen molar-refractivity contribution in [2.24, 2.45) is 0 Å². The van der Waals surface area contributed by atoms with E-state index in [0.29, 0.717) is 5.69 Å². The van der Waals surface area contributed by atoms with Crippen LogP contribution in [0, 0.1) is 0 Å². The van der Waals surface area contributed by atoms with Gasteiger partial charge < -0.3 is 4.98 Å². The predicted octanol–water partition coefficient (Wildman–Crippen LogP) is 2.07. The van der Waals surface area contributed by atoms with Crippen LogP contribution in [0.3, 0.4) is 0 Å². The van der Waals surface area contributed by atoms with E-state index in [0.717, 1.165) is 4.88 Å². The van der Waals surface area contributed by atoms with Gasteiger partial charge in [0.25, 0.3) is 9.05 Å². The second-order valence-corrected chi connectivity index (χ2v) is 6.00. The summed E-state index contributed by atoms with van der Waals surface area (Å²) in [6.45, 7) is 0. The fourth-order valence-electron chi connectivity index (χ4n) is 1.01. The van der Waals surface area contributed by atoms with Crippen molar-refractivity contribution in [2.75, 3.05) is 0 Å². The normalized spacial score (nSPS) is 11.8. The van der Waals surface area contributed by atoms with Crippen molar-refractivity contribution >= 4 is 31.1 Å². The smallest absolute Gasteiger partial charge is 0.262 e. The van der Waals surface area contributed by atoms with Gasteiger partial charge in [0.2, 0.25) is 0 Å². The highest BCUT2D eigenvalue weighted by Gasteiger charge is 2.13. The number of aromatic nitrogens is 2. The van der Waals surface area contributed by atoms with Gasteiger partial charge in [-0.15, -0.1) is 11.3 Å². The standard InChI is InChI=1S/C7H5ClN2O2S2/c8-14(11,12)5-1-6(10-2-5)7-3-9-4-13-7/h1-4,10H. The van der Waals surface area contributed by atoms with Gasteiger partial charge in [-0.25, -0.2) is 8.42 Å². The second kappa shape index (κ2) is 3.38. The van der Waals surface area contributed by atoms with E-state index in [-0.39, 0.29) is 4.90 Å². The molecule has 0 aliphatic heterocycles. The van der Waals surface area contributed by atoms with Crippen molar-refractivity contribution in [2.45, 2.75) is 4.90 Å². The molecule has 0 spiro atoms. The first-order valence-corrected chi connectivity index (χ1v) is 6.78. The molecule has 14 heavy (non-hydrogen) atoms. The minimum atomic E-state index is -3.65. The molecule has 0 aromatic carbocycles.